The molecule has 0 aliphatic heterocycles. The quantitative estimate of drug-likeness (QED) is 0.387. The summed E-state index contributed by atoms with van der Waals surface area (Å²) in [5, 5.41) is 25.4. The van der Waals surface area contributed by atoms with Gasteiger partial charge in [-0.2, -0.15) is 0 Å². The Labute approximate surface area is 168 Å². The van der Waals surface area contributed by atoms with Gasteiger partial charge >= 0.3 is 5.69 Å². The lowest BCUT2D eigenvalue weighted by atomic mass is 10.2. The van der Waals surface area contributed by atoms with Gasteiger partial charge in [-0.05, 0) is 24.6 Å². The van der Waals surface area contributed by atoms with Crippen LogP contribution in [0.1, 0.15) is 15.9 Å². The number of hydrogen-bond acceptors (Lipinski definition) is 10. The molecule has 13 heteroatoms. The standard InChI is InChI=1S/C17H14N8O5/c1-10-6-7-13(18-8-10)21-15-14(25(29)30)16(20-9-19-15)22-23-17(26)11-4-2-3-5-12(11)24(27)28/h2-9H,1H3,(H,23,26)(H2,18,19,20,21,22). The molecule has 0 spiro atoms. The van der Waals surface area contributed by atoms with E-state index >= 15 is 0 Å². The Hall–Kier alpha value is -4.68. The molecule has 0 fully saturated rings. The first-order valence-corrected chi connectivity index (χ1v) is 8.35. The van der Waals surface area contributed by atoms with Crippen LogP contribution in [0.25, 0.3) is 0 Å². The minimum atomic E-state index is -0.870. The van der Waals surface area contributed by atoms with Crippen LogP contribution in [-0.4, -0.2) is 30.7 Å². The average molecular weight is 410 g/mol. The molecule has 0 unspecified atom stereocenters. The molecule has 0 aliphatic rings. The molecule has 2 aromatic heterocycles. The van der Waals surface area contributed by atoms with Gasteiger partial charge in [0.25, 0.3) is 11.6 Å². The van der Waals surface area contributed by atoms with Crippen molar-refractivity contribution in [2.45, 2.75) is 6.92 Å². The monoisotopic (exact) mass is 410 g/mol. The van der Waals surface area contributed by atoms with Crippen LogP contribution < -0.4 is 16.2 Å². The van der Waals surface area contributed by atoms with Gasteiger partial charge in [-0.25, -0.2) is 15.0 Å². The van der Waals surface area contributed by atoms with E-state index in [1.165, 1.54) is 24.3 Å². The maximum absolute atomic E-state index is 12.3. The first kappa shape index (κ1) is 20.1. The van der Waals surface area contributed by atoms with Crippen molar-refractivity contribution >= 4 is 34.7 Å². The third-order valence-electron chi connectivity index (χ3n) is 3.80. The predicted octanol–water partition coefficient (Wildman–Crippen LogP) is 2.50. The second-order valence-electron chi connectivity index (χ2n) is 5.88. The van der Waals surface area contributed by atoms with Crippen LogP contribution in [0.3, 0.4) is 0 Å². The molecule has 3 aromatic rings. The Kier molecular flexibility index (Phi) is 5.72. The van der Waals surface area contributed by atoms with Gasteiger partial charge in [-0.15, -0.1) is 0 Å². The zero-order valence-electron chi connectivity index (χ0n) is 15.4. The third-order valence-corrected chi connectivity index (χ3v) is 3.80. The van der Waals surface area contributed by atoms with Crippen LogP contribution in [0, 0.1) is 27.2 Å². The lowest BCUT2D eigenvalue weighted by Gasteiger charge is -2.11. The number of para-hydroxylation sites is 1. The zero-order chi connectivity index (χ0) is 21.7. The molecular formula is C17H14N8O5. The van der Waals surface area contributed by atoms with Gasteiger partial charge in [0.2, 0.25) is 11.6 Å². The summed E-state index contributed by atoms with van der Waals surface area (Å²) in [7, 11) is 0. The number of nitro benzene ring substituents is 1. The summed E-state index contributed by atoms with van der Waals surface area (Å²) in [6, 6.07) is 8.65. The van der Waals surface area contributed by atoms with Crippen molar-refractivity contribution in [2.24, 2.45) is 0 Å². The van der Waals surface area contributed by atoms with Gasteiger partial charge in [0.05, 0.1) is 9.85 Å². The zero-order valence-corrected chi connectivity index (χ0v) is 15.4. The number of carbonyl (C=O) groups excluding carboxylic acids is 1. The Morgan fingerprint density at radius 1 is 0.967 bits per heavy atom. The van der Waals surface area contributed by atoms with Crippen molar-refractivity contribution < 1.29 is 14.6 Å². The molecule has 0 atom stereocenters. The molecule has 0 radical (unpaired) electrons. The lowest BCUT2D eigenvalue weighted by Crippen LogP contribution is -2.30. The normalized spacial score (nSPS) is 10.2. The van der Waals surface area contributed by atoms with E-state index in [1.54, 1.807) is 18.3 Å². The van der Waals surface area contributed by atoms with E-state index in [0.29, 0.717) is 5.82 Å². The van der Waals surface area contributed by atoms with Crippen molar-refractivity contribution in [3.05, 3.63) is 80.3 Å². The van der Waals surface area contributed by atoms with Gasteiger partial charge in [0.1, 0.15) is 17.7 Å². The molecule has 3 rings (SSSR count). The van der Waals surface area contributed by atoms with E-state index in [9.17, 15) is 25.0 Å². The summed E-state index contributed by atoms with van der Waals surface area (Å²) in [5.41, 5.74) is 4.20. The van der Waals surface area contributed by atoms with Crippen LogP contribution in [-0.2, 0) is 0 Å². The highest BCUT2D eigenvalue weighted by molar-refractivity contribution is 5.98. The minimum absolute atomic E-state index is 0.159. The van der Waals surface area contributed by atoms with Gasteiger partial charge in [-0.3, -0.25) is 35.9 Å². The van der Waals surface area contributed by atoms with Crippen LogP contribution in [0.4, 0.5) is 28.8 Å². The number of benzene rings is 1. The maximum atomic E-state index is 12.3. The SMILES string of the molecule is Cc1ccc(Nc2ncnc(NNC(=O)c3ccccc3[N+](=O)[O-])c2[N+](=O)[O-])nc1. The Balaban J connectivity index is 1.84. The smallest absolute Gasteiger partial charge is 0.319 e. The lowest BCUT2D eigenvalue weighted by molar-refractivity contribution is -0.385. The predicted molar refractivity (Wildman–Crippen MR) is 105 cm³/mol. The van der Waals surface area contributed by atoms with E-state index in [0.717, 1.165) is 11.9 Å². The number of pyridine rings is 1. The largest absolute Gasteiger partial charge is 0.355 e. The van der Waals surface area contributed by atoms with Crippen LogP contribution >= 0.6 is 0 Å². The van der Waals surface area contributed by atoms with Crippen LogP contribution in [0.5, 0.6) is 0 Å². The number of hydrogen-bond donors (Lipinski definition) is 3. The highest BCUT2D eigenvalue weighted by atomic mass is 16.6. The van der Waals surface area contributed by atoms with E-state index < -0.39 is 27.1 Å². The topological polar surface area (TPSA) is 178 Å². The highest BCUT2D eigenvalue weighted by Crippen LogP contribution is 2.30. The number of nitrogens with one attached hydrogen (secondary N) is 3. The molecular weight excluding hydrogens is 396 g/mol. The Morgan fingerprint density at radius 2 is 1.70 bits per heavy atom. The number of aromatic nitrogens is 3. The number of anilines is 3. The number of carbonyl (C=O) groups is 1. The van der Waals surface area contributed by atoms with Crippen molar-refractivity contribution in [3.8, 4) is 0 Å². The fraction of sp³-hybridized carbons (Fsp3) is 0.0588. The maximum Gasteiger partial charge on any atom is 0.355 e. The molecule has 30 heavy (non-hydrogen) atoms. The fourth-order valence-electron chi connectivity index (χ4n) is 2.41. The van der Waals surface area contributed by atoms with Crippen molar-refractivity contribution in [2.75, 3.05) is 10.7 Å². The number of amides is 1. The molecule has 0 bridgehead atoms. The van der Waals surface area contributed by atoms with Crippen molar-refractivity contribution in [1.82, 2.24) is 20.4 Å². The number of hydrazine groups is 1. The second kappa shape index (κ2) is 8.55. The molecule has 152 valence electrons. The van der Waals surface area contributed by atoms with Gasteiger partial charge in [0.15, 0.2) is 0 Å². The van der Waals surface area contributed by atoms with E-state index in [4.69, 9.17) is 0 Å². The van der Waals surface area contributed by atoms with Crippen molar-refractivity contribution in [3.63, 3.8) is 0 Å². The number of nitrogens with zero attached hydrogens (tertiary/aromatic N) is 5. The number of rotatable bonds is 7. The van der Waals surface area contributed by atoms with Gasteiger partial charge in [0, 0.05) is 12.3 Å². The molecule has 3 N–H and O–H groups in total. The third kappa shape index (κ3) is 4.41. The first-order chi connectivity index (χ1) is 14.4. The number of aryl methyl sites for hydroxylation is 1. The highest BCUT2D eigenvalue weighted by Gasteiger charge is 2.25. The van der Waals surface area contributed by atoms with E-state index in [2.05, 4.69) is 31.1 Å². The first-order valence-electron chi connectivity index (χ1n) is 8.35. The summed E-state index contributed by atoms with van der Waals surface area (Å²) in [5.74, 6) is -1.03. The average Bonchev–Trinajstić information content (AvgIpc) is 2.73. The number of nitro groups is 2. The van der Waals surface area contributed by atoms with Crippen LogP contribution in [0.15, 0.2) is 48.9 Å². The summed E-state index contributed by atoms with van der Waals surface area (Å²) >= 11 is 0. The molecule has 1 aromatic carbocycles. The summed E-state index contributed by atoms with van der Waals surface area (Å²) in [6.07, 6.45) is 2.62. The molecule has 13 nitrogen and oxygen atoms in total. The van der Waals surface area contributed by atoms with Crippen LogP contribution in [0.2, 0.25) is 0 Å². The van der Waals surface area contributed by atoms with E-state index in [-0.39, 0.29) is 17.2 Å². The molecule has 0 saturated heterocycles. The summed E-state index contributed by atoms with van der Waals surface area (Å²) < 4.78 is 0. The fourth-order valence-corrected chi connectivity index (χ4v) is 2.41. The summed E-state index contributed by atoms with van der Waals surface area (Å²) in [6.45, 7) is 1.84. The summed E-state index contributed by atoms with van der Waals surface area (Å²) in [4.78, 5) is 45.2. The Morgan fingerprint density at radius 3 is 2.37 bits per heavy atom. The van der Waals surface area contributed by atoms with Crippen molar-refractivity contribution in [1.29, 1.82) is 0 Å². The second-order valence-corrected chi connectivity index (χ2v) is 5.88. The Bertz CT molecular complexity index is 1120. The molecule has 2 heterocycles. The van der Waals surface area contributed by atoms with Gasteiger partial charge in [-0.1, -0.05) is 18.2 Å². The minimum Gasteiger partial charge on any atom is -0.319 e. The molecule has 1 amide bonds. The van der Waals surface area contributed by atoms with Gasteiger partial charge < -0.3 is 5.32 Å². The molecule has 0 saturated carbocycles. The molecule has 0 aliphatic carbocycles. The van der Waals surface area contributed by atoms with E-state index in [1.807, 2.05) is 6.92 Å².